The van der Waals surface area contributed by atoms with Crippen molar-refractivity contribution in [3.8, 4) is 0 Å². The van der Waals surface area contributed by atoms with Crippen LogP contribution in [0.3, 0.4) is 0 Å². The smallest absolute Gasteiger partial charge is 0.330 e. The number of hydrogen-bond donors (Lipinski definition) is 0. The van der Waals surface area contributed by atoms with Crippen LogP contribution in [0, 0.1) is 11.3 Å². The van der Waals surface area contributed by atoms with Gasteiger partial charge in [0.15, 0.2) is 0 Å². The van der Waals surface area contributed by atoms with Gasteiger partial charge in [0.25, 0.3) is 0 Å². The predicted octanol–water partition coefficient (Wildman–Crippen LogP) is 4.12. The average Bonchev–Trinajstić information content (AvgIpc) is 2.34. The third-order valence-corrected chi connectivity index (χ3v) is 4.14. The first-order valence-corrected chi connectivity index (χ1v) is 7.62. The first-order chi connectivity index (χ1) is 9.15. The van der Waals surface area contributed by atoms with E-state index >= 15 is 0 Å². The Morgan fingerprint density at radius 2 is 2.15 bits per heavy atom. The van der Waals surface area contributed by atoms with E-state index in [1.807, 2.05) is 13.8 Å². The van der Waals surface area contributed by atoms with Crippen molar-refractivity contribution in [1.82, 2.24) is 0 Å². The molecule has 116 valence electrons. The molecule has 3 heteroatoms. The zero-order valence-corrected chi connectivity index (χ0v) is 13.7. The third-order valence-electron chi connectivity index (χ3n) is 4.14. The molecule has 1 fully saturated rings. The highest BCUT2D eigenvalue weighted by Crippen LogP contribution is 2.41. The van der Waals surface area contributed by atoms with Crippen LogP contribution < -0.4 is 0 Å². The van der Waals surface area contributed by atoms with Crippen LogP contribution >= 0.6 is 0 Å². The van der Waals surface area contributed by atoms with E-state index < -0.39 is 11.6 Å². The quantitative estimate of drug-likeness (QED) is 0.543. The SMILES string of the molecule is C=CC(=O)OCC(C)(C)O[C@H](C)[C@@H]1CCCC(C)(C)C1. The molecule has 0 unspecified atom stereocenters. The monoisotopic (exact) mass is 282 g/mol. The van der Waals surface area contributed by atoms with Crippen molar-refractivity contribution in [3.05, 3.63) is 12.7 Å². The first kappa shape index (κ1) is 17.2. The van der Waals surface area contributed by atoms with Crippen LogP contribution in [0.5, 0.6) is 0 Å². The molecule has 0 aromatic heterocycles. The van der Waals surface area contributed by atoms with Gasteiger partial charge in [-0.15, -0.1) is 0 Å². The second-order valence-corrected chi connectivity index (χ2v) is 7.42. The zero-order chi connectivity index (χ0) is 15.4. The van der Waals surface area contributed by atoms with Gasteiger partial charge in [-0.05, 0) is 51.4 Å². The summed E-state index contributed by atoms with van der Waals surface area (Å²) in [4.78, 5) is 11.1. The minimum atomic E-state index is -0.459. The summed E-state index contributed by atoms with van der Waals surface area (Å²) in [6.45, 7) is 14.4. The molecule has 1 rings (SSSR count). The number of carbonyl (C=O) groups excluding carboxylic acids is 1. The summed E-state index contributed by atoms with van der Waals surface area (Å²) in [5, 5.41) is 0. The van der Waals surface area contributed by atoms with Crippen LogP contribution in [0.1, 0.15) is 60.3 Å². The summed E-state index contributed by atoms with van der Waals surface area (Å²) < 4.78 is 11.3. The lowest BCUT2D eigenvalue weighted by atomic mass is 9.71. The van der Waals surface area contributed by atoms with Crippen LogP contribution in [0.4, 0.5) is 0 Å². The van der Waals surface area contributed by atoms with E-state index in [9.17, 15) is 4.79 Å². The van der Waals surface area contributed by atoms with Crippen molar-refractivity contribution in [1.29, 1.82) is 0 Å². The van der Waals surface area contributed by atoms with Gasteiger partial charge in [0.05, 0.1) is 11.7 Å². The maximum atomic E-state index is 11.1. The molecule has 20 heavy (non-hydrogen) atoms. The van der Waals surface area contributed by atoms with E-state index in [1.165, 1.54) is 31.8 Å². The molecule has 1 aliphatic rings. The maximum Gasteiger partial charge on any atom is 0.330 e. The predicted molar refractivity (Wildman–Crippen MR) is 81.5 cm³/mol. The van der Waals surface area contributed by atoms with E-state index in [2.05, 4.69) is 27.4 Å². The Labute approximate surface area is 123 Å². The second-order valence-electron chi connectivity index (χ2n) is 7.42. The highest BCUT2D eigenvalue weighted by Gasteiger charge is 2.34. The molecule has 0 heterocycles. The van der Waals surface area contributed by atoms with Crippen molar-refractivity contribution in [2.24, 2.45) is 11.3 Å². The Morgan fingerprint density at radius 1 is 1.50 bits per heavy atom. The van der Waals surface area contributed by atoms with E-state index in [4.69, 9.17) is 9.47 Å². The molecule has 0 N–H and O–H groups in total. The molecule has 0 aliphatic heterocycles. The molecule has 1 saturated carbocycles. The zero-order valence-electron chi connectivity index (χ0n) is 13.7. The van der Waals surface area contributed by atoms with Crippen molar-refractivity contribution in [2.45, 2.75) is 72.0 Å². The van der Waals surface area contributed by atoms with E-state index in [0.29, 0.717) is 11.3 Å². The topological polar surface area (TPSA) is 35.5 Å². The van der Waals surface area contributed by atoms with Crippen molar-refractivity contribution < 1.29 is 14.3 Å². The molecular formula is C17H30O3. The molecule has 0 aromatic rings. The fraction of sp³-hybridized carbons (Fsp3) is 0.824. The van der Waals surface area contributed by atoms with E-state index in [0.717, 1.165) is 0 Å². The first-order valence-electron chi connectivity index (χ1n) is 7.62. The van der Waals surface area contributed by atoms with Crippen molar-refractivity contribution in [3.63, 3.8) is 0 Å². The Morgan fingerprint density at radius 3 is 2.70 bits per heavy atom. The molecule has 1 aliphatic carbocycles. The molecular weight excluding hydrogens is 252 g/mol. The fourth-order valence-electron chi connectivity index (χ4n) is 3.09. The van der Waals surface area contributed by atoms with Crippen molar-refractivity contribution >= 4 is 5.97 Å². The van der Waals surface area contributed by atoms with Gasteiger partial charge < -0.3 is 9.47 Å². The normalized spacial score (nSPS) is 23.9. The fourth-order valence-corrected chi connectivity index (χ4v) is 3.09. The van der Waals surface area contributed by atoms with Crippen LogP contribution in [-0.4, -0.2) is 24.3 Å². The Hall–Kier alpha value is -0.830. The highest BCUT2D eigenvalue weighted by molar-refractivity contribution is 5.81. The van der Waals surface area contributed by atoms with Crippen LogP contribution in [0.2, 0.25) is 0 Å². The number of ether oxygens (including phenoxy) is 2. The largest absolute Gasteiger partial charge is 0.459 e. The minimum Gasteiger partial charge on any atom is -0.459 e. The molecule has 0 amide bonds. The average molecular weight is 282 g/mol. The van der Waals surface area contributed by atoms with Gasteiger partial charge in [-0.1, -0.05) is 26.8 Å². The maximum absolute atomic E-state index is 11.1. The standard InChI is InChI=1S/C17H30O3/c1-7-15(18)19-12-17(5,6)20-13(2)14-9-8-10-16(3,4)11-14/h7,13-14H,1,8-12H2,2-6H3/t13-,14-/m1/s1. The molecule has 2 atom stereocenters. The Balaban J connectivity index is 2.49. The lowest BCUT2D eigenvalue weighted by Crippen LogP contribution is -2.39. The molecule has 0 bridgehead atoms. The molecule has 0 aromatic carbocycles. The number of carbonyl (C=O) groups is 1. The summed E-state index contributed by atoms with van der Waals surface area (Å²) >= 11 is 0. The van der Waals surface area contributed by atoms with Crippen LogP contribution in [-0.2, 0) is 14.3 Å². The molecule has 0 saturated heterocycles. The van der Waals surface area contributed by atoms with Gasteiger partial charge in [-0.25, -0.2) is 4.79 Å². The van der Waals surface area contributed by atoms with E-state index in [-0.39, 0.29) is 12.7 Å². The number of esters is 1. The summed E-state index contributed by atoms with van der Waals surface area (Å²) in [7, 11) is 0. The molecule has 0 radical (unpaired) electrons. The lowest BCUT2D eigenvalue weighted by Gasteiger charge is -2.40. The van der Waals surface area contributed by atoms with Crippen LogP contribution in [0.15, 0.2) is 12.7 Å². The number of hydrogen-bond acceptors (Lipinski definition) is 3. The second kappa shape index (κ2) is 6.75. The molecule has 3 nitrogen and oxygen atoms in total. The summed E-state index contributed by atoms with van der Waals surface area (Å²) in [6.07, 6.45) is 6.38. The van der Waals surface area contributed by atoms with Gasteiger partial charge in [-0.3, -0.25) is 0 Å². The highest BCUT2D eigenvalue weighted by atomic mass is 16.6. The van der Waals surface area contributed by atoms with Gasteiger partial charge in [-0.2, -0.15) is 0 Å². The lowest BCUT2D eigenvalue weighted by molar-refractivity contribution is -0.157. The Bertz CT molecular complexity index is 344. The van der Waals surface area contributed by atoms with Crippen LogP contribution in [0.25, 0.3) is 0 Å². The van der Waals surface area contributed by atoms with Gasteiger partial charge >= 0.3 is 5.97 Å². The number of rotatable bonds is 6. The summed E-state index contributed by atoms with van der Waals surface area (Å²) in [5.41, 5.74) is -0.0420. The van der Waals surface area contributed by atoms with Gasteiger partial charge in [0.2, 0.25) is 0 Å². The summed E-state index contributed by atoms with van der Waals surface area (Å²) in [6, 6.07) is 0. The van der Waals surface area contributed by atoms with Gasteiger partial charge in [0.1, 0.15) is 6.61 Å². The Kier molecular flexibility index (Phi) is 5.81. The van der Waals surface area contributed by atoms with Crippen molar-refractivity contribution in [2.75, 3.05) is 6.61 Å². The molecule has 0 spiro atoms. The van der Waals surface area contributed by atoms with E-state index in [1.54, 1.807) is 0 Å². The third kappa shape index (κ3) is 5.66. The minimum absolute atomic E-state index is 0.187. The van der Waals surface area contributed by atoms with Gasteiger partial charge in [0, 0.05) is 6.08 Å². The summed E-state index contributed by atoms with van der Waals surface area (Å²) in [5.74, 6) is 0.196.